The number of benzene rings is 1. The summed E-state index contributed by atoms with van der Waals surface area (Å²) < 4.78 is 5.72. The Kier molecular flexibility index (Phi) is 2.90. The van der Waals surface area contributed by atoms with E-state index in [4.69, 9.17) is 4.74 Å². The molecule has 0 bridgehead atoms. The standard InChI is InChI=1S/C14H19NO2/c16-10-14(5-6-14)12-3-1-11(2-4-12)13-9-15-7-8-17-13/h1-4,13,15-16H,5-10H2. The van der Waals surface area contributed by atoms with Crippen LogP contribution in [0.2, 0.25) is 0 Å². The first kappa shape index (κ1) is 11.2. The number of nitrogens with one attached hydrogen (secondary N) is 1. The lowest BCUT2D eigenvalue weighted by molar-refractivity contribution is 0.0277. The number of hydrogen-bond donors (Lipinski definition) is 2. The van der Waals surface area contributed by atoms with Crippen molar-refractivity contribution in [1.29, 1.82) is 0 Å². The van der Waals surface area contributed by atoms with E-state index in [1.54, 1.807) is 0 Å². The average Bonchev–Trinajstić information content (AvgIpc) is 3.21. The molecule has 2 aliphatic rings. The fourth-order valence-corrected chi connectivity index (χ4v) is 2.52. The lowest BCUT2D eigenvalue weighted by atomic mass is 9.95. The van der Waals surface area contributed by atoms with Crippen molar-refractivity contribution < 1.29 is 9.84 Å². The number of morpholine rings is 1. The van der Waals surface area contributed by atoms with Crippen molar-refractivity contribution in [3.05, 3.63) is 35.4 Å². The Morgan fingerprint density at radius 1 is 1.29 bits per heavy atom. The molecule has 0 aromatic heterocycles. The van der Waals surface area contributed by atoms with Crippen LogP contribution in [0.3, 0.4) is 0 Å². The summed E-state index contributed by atoms with van der Waals surface area (Å²) in [5, 5.41) is 12.7. The molecule has 1 aliphatic heterocycles. The fourth-order valence-electron chi connectivity index (χ4n) is 2.52. The van der Waals surface area contributed by atoms with Crippen molar-refractivity contribution in [1.82, 2.24) is 5.32 Å². The second-order valence-electron chi connectivity index (χ2n) is 5.12. The van der Waals surface area contributed by atoms with Crippen LogP contribution in [0.1, 0.15) is 30.1 Å². The third kappa shape index (κ3) is 2.10. The van der Waals surface area contributed by atoms with Crippen LogP contribution in [-0.4, -0.2) is 31.4 Å². The second-order valence-corrected chi connectivity index (χ2v) is 5.12. The van der Waals surface area contributed by atoms with Crippen LogP contribution >= 0.6 is 0 Å². The minimum absolute atomic E-state index is 0.0736. The predicted molar refractivity (Wildman–Crippen MR) is 66.0 cm³/mol. The first-order valence-electron chi connectivity index (χ1n) is 6.38. The molecule has 1 aromatic rings. The summed E-state index contributed by atoms with van der Waals surface area (Å²) in [4.78, 5) is 0. The van der Waals surface area contributed by atoms with E-state index >= 15 is 0 Å². The molecule has 1 saturated carbocycles. The third-order valence-corrected chi connectivity index (χ3v) is 3.98. The zero-order chi connectivity index (χ0) is 11.7. The van der Waals surface area contributed by atoms with Gasteiger partial charge in [-0.15, -0.1) is 0 Å². The number of aliphatic hydroxyl groups excluding tert-OH is 1. The van der Waals surface area contributed by atoms with Crippen LogP contribution in [0.25, 0.3) is 0 Å². The van der Waals surface area contributed by atoms with Crippen molar-refractivity contribution in [2.75, 3.05) is 26.3 Å². The van der Waals surface area contributed by atoms with Gasteiger partial charge in [-0.1, -0.05) is 24.3 Å². The maximum atomic E-state index is 9.39. The Bertz CT molecular complexity index is 378. The summed E-state index contributed by atoms with van der Waals surface area (Å²) in [6, 6.07) is 8.58. The summed E-state index contributed by atoms with van der Waals surface area (Å²) in [6.45, 7) is 2.90. The third-order valence-electron chi connectivity index (χ3n) is 3.98. The first-order chi connectivity index (χ1) is 8.34. The molecule has 1 atom stereocenters. The van der Waals surface area contributed by atoms with Crippen LogP contribution < -0.4 is 5.32 Å². The number of aliphatic hydroxyl groups is 1. The van der Waals surface area contributed by atoms with Gasteiger partial charge in [0.25, 0.3) is 0 Å². The molecule has 3 rings (SSSR count). The summed E-state index contributed by atoms with van der Waals surface area (Å²) >= 11 is 0. The van der Waals surface area contributed by atoms with Crippen molar-refractivity contribution in [2.24, 2.45) is 0 Å². The SMILES string of the molecule is OCC1(c2ccc(C3CNCCO3)cc2)CC1. The molecule has 1 saturated heterocycles. The Labute approximate surface area is 102 Å². The highest BCUT2D eigenvalue weighted by molar-refractivity contribution is 5.34. The molecule has 0 radical (unpaired) electrons. The molecular formula is C14H19NO2. The summed E-state index contributed by atoms with van der Waals surface area (Å²) in [5.41, 5.74) is 2.58. The molecule has 1 heterocycles. The normalized spacial score (nSPS) is 26.8. The van der Waals surface area contributed by atoms with Crippen LogP contribution in [0.5, 0.6) is 0 Å². The molecule has 1 unspecified atom stereocenters. The summed E-state index contributed by atoms with van der Waals surface area (Å²) in [5.74, 6) is 0. The van der Waals surface area contributed by atoms with E-state index < -0.39 is 0 Å². The lowest BCUT2D eigenvalue weighted by Gasteiger charge is -2.24. The monoisotopic (exact) mass is 233 g/mol. The number of hydrogen-bond acceptors (Lipinski definition) is 3. The van der Waals surface area contributed by atoms with Gasteiger partial charge in [-0.2, -0.15) is 0 Å². The summed E-state index contributed by atoms with van der Waals surface area (Å²) in [7, 11) is 0. The van der Waals surface area contributed by atoms with Gasteiger partial charge in [-0.05, 0) is 24.0 Å². The van der Waals surface area contributed by atoms with Crippen molar-refractivity contribution in [3.8, 4) is 0 Å². The van der Waals surface area contributed by atoms with Crippen molar-refractivity contribution in [2.45, 2.75) is 24.4 Å². The predicted octanol–water partition coefficient (Wildman–Crippen LogP) is 1.37. The Hall–Kier alpha value is -0.900. The zero-order valence-corrected chi connectivity index (χ0v) is 9.98. The molecule has 0 amide bonds. The molecular weight excluding hydrogens is 214 g/mol. The van der Waals surface area contributed by atoms with Gasteiger partial charge in [0, 0.05) is 18.5 Å². The minimum Gasteiger partial charge on any atom is -0.395 e. The van der Waals surface area contributed by atoms with Gasteiger partial charge in [0.1, 0.15) is 0 Å². The van der Waals surface area contributed by atoms with Crippen LogP contribution in [-0.2, 0) is 10.2 Å². The Morgan fingerprint density at radius 3 is 2.59 bits per heavy atom. The van der Waals surface area contributed by atoms with Gasteiger partial charge < -0.3 is 15.2 Å². The molecule has 0 spiro atoms. The van der Waals surface area contributed by atoms with E-state index in [9.17, 15) is 5.11 Å². The Balaban J connectivity index is 1.75. The quantitative estimate of drug-likeness (QED) is 0.828. The largest absolute Gasteiger partial charge is 0.395 e. The van der Waals surface area contributed by atoms with E-state index in [0.29, 0.717) is 0 Å². The van der Waals surface area contributed by atoms with Crippen LogP contribution in [0, 0.1) is 0 Å². The number of rotatable bonds is 3. The van der Waals surface area contributed by atoms with E-state index in [1.165, 1.54) is 11.1 Å². The van der Waals surface area contributed by atoms with Gasteiger partial charge >= 0.3 is 0 Å². The fraction of sp³-hybridized carbons (Fsp3) is 0.571. The van der Waals surface area contributed by atoms with Gasteiger partial charge in [-0.25, -0.2) is 0 Å². The van der Waals surface area contributed by atoms with E-state index in [-0.39, 0.29) is 18.1 Å². The van der Waals surface area contributed by atoms with E-state index in [2.05, 4.69) is 29.6 Å². The molecule has 92 valence electrons. The first-order valence-corrected chi connectivity index (χ1v) is 6.38. The van der Waals surface area contributed by atoms with E-state index in [0.717, 1.165) is 32.5 Å². The molecule has 3 heteroatoms. The maximum absolute atomic E-state index is 9.39. The molecule has 1 aromatic carbocycles. The van der Waals surface area contributed by atoms with Crippen molar-refractivity contribution in [3.63, 3.8) is 0 Å². The molecule has 2 N–H and O–H groups in total. The average molecular weight is 233 g/mol. The van der Waals surface area contributed by atoms with Crippen molar-refractivity contribution >= 4 is 0 Å². The maximum Gasteiger partial charge on any atom is 0.0949 e. The van der Waals surface area contributed by atoms with Gasteiger partial charge in [-0.3, -0.25) is 0 Å². The van der Waals surface area contributed by atoms with Gasteiger partial charge in [0.05, 0.1) is 19.3 Å². The van der Waals surface area contributed by atoms with Gasteiger partial charge in [0.15, 0.2) is 0 Å². The molecule has 3 nitrogen and oxygen atoms in total. The summed E-state index contributed by atoms with van der Waals surface area (Å²) in [6.07, 6.45) is 2.41. The molecule has 2 fully saturated rings. The molecule has 1 aliphatic carbocycles. The Morgan fingerprint density at radius 2 is 2.06 bits per heavy atom. The topological polar surface area (TPSA) is 41.5 Å². The van der Waals surface area contributed by atoms with E-state index in [1.807, 2.05) is 0 Å². The van der Waals surface area contributed by atoms with Crippen LogP contribution in [0.15, 0.2) is 24.3 Å². The smallest absolute Gasteiger partial charge is 0.0949 e. The highest BCUT2D eigenvalue weighted by Gasteiger charge is 2.43. The highest BCUT2D eigenvalue weighted by atomic mass is 16.5. The zero-order valence-electron chi connectivity index (χ0n) is 9.98. The minimum atomic E-state index is 0.0736. The number of ether oxygens (including phenoxy) is 1. The highest BCUT2D eigenvalue weighted by Crippen LogP contribution is 2.47. The van der Waals surface area contributed by atoms with Gasteiger partial charge in [0.2, 0.25) is 0 Å². The lowest BCUT2D eigenvalue weighted by Crippen LogP contribution is -2.33. The second kappa shape index (κ2) is 4.41. The van der Waals surface area contributed by atoms with Crippen LogP contribution in [0.4, 0.5) is 0 Å². The molecule has 17 heavy (non-hydrogen) atoms.